The number of rotatable bonds is 4. The van der Waals surface area contributed by atoms with Crippen molar-refractivity contribution in [2.24, 2.45) is 0 Å². The zero-order valence-electron chi connectivity index (χ0n) is 9.47. The van der Waals surface area contributed by atoms with Crippen LogP contribution in [0.2, 0.25) is 0 Å². The van der Waals surface area contributed by atoms with Gasteiger partial charge in [0.25, 0.3) is 0 Å². The molecule has 0 atom stereocenters. The Kier molecular flexibility index (Phi) is 3.39. The lowest BCUT2D eigenvalue weighted by Gasteiger charge is -2.03. The van der Waals surface area contributed by atoms with Crippen molar-refractivity contribution < 1.29 is 14.3 Å². The Morgan fingerprint density at radius 1 is 1.29 bits per heavy atom. The molecule has 0 amide bonds. The normalized spacial score (nSPS) is 10.0. The van der Waals surface area contributed by atoms with Crippen molar-refractivity contribution in [3.63, 3.8) is 0 Å². The second kappa shape index (κ2) is 4.97. The maximum atomic E-state index is 12.2. The summed E-state index contributed by atoms with van der Waals surface area (Å²) in [5.74, 6) is 1.04. The first-order valence-corrected chi connectivity index (χ1v) is 5.79. The van der Waals surface area contributed by atoms with Crippen molar-refractivity contribution in [2.45, 2.75) is 0 Å². The van der Waals surface area contributed by atoms with E-state index < -0.39 is 0 Å². The van der Waals surface area contributed by atoms with E-state index in [0.717, 1.165) is 0 Å². The number of hydrogen-bond acceptors (Lipinski definition) is 5. The lowest BCUT2D eigenvalue weighted by molar-refractivity contribution is 0.103. The van der Waals surface area contributed by atoms with Gasteiger partial charge in [0.2, 0.25) is 5.78 Å². The van der Waals surface area contributed by atoms with E-state index >= 15 is 0 Å². The molecule has 5 heteroatoms. The van der Waals surface area contributed by atoms with Gasteiger partial charge in [-0.3, -0.25) is 9.78 Å². The van der Waals surface area contributed by atoms with E-state index in [2.05, 4.69) is 4.98 Å². The maximum absolute atomic E-state index is 12.2. The summed E-state index contributed by atoms with van der Waals surface area (Å²) in [6.45, 7) is 0. The summed E-state index contributed by atoms with van der Waals surface area (Å²) in [5, 5.41) is 1.82. The van der Waals surface area contributed by atoms with Gasteiger partial charge in [-0.05, 0) is 17.5 Å². The minimum absolute atomic E-state index is 0.108. The molecule has 0 saturated heterocycles. The number of thiophene rings is 1. The molecule has 2 aromatic rings. The number of ether oxygens (including phenoxy) is 2. The molecule has 0 radical (unpaired) electrons. The minimum atomic E-state index is -0.108. The first-order chi connectivity index (χ1) is 8.26. The highest BCUT2D eigenvalue weighted by molar-refractivity contribution is 7.12. The van der Waals surface area contributed by atoms with Crippen LogP contribution in [0.3, 0.4) is 0 Å². The van der Waals surface area contributed by atoms with Gasteiger partial charge in [-0.25, -0.2) is 0 Å². The van der Waals surface area contributed by atoms with Crippen molar-refractivity contribution in [1.29, 1.82) is 0 Å². The molecule has 4 nitrogen and oxygen atoms in total. The molecule has 0 aliphatic heterocycles. The Morgan fingerprint density at radius 3 is 2.82 bits per heavy atom. The quantitative estimate of drug-likeness (QED) is 0.781. The summed E-state index contributed by atoms with van der Waals surface area (Å²) < 4.78 is 10.2. The number of hydrogen-bond donors (Lipinski definition) is 0. The fourth-order valence-electron chi connectivity index (χ4n) is 1.41. The van der Waals surface area contributed by atoms with Gasteiger partial charge in [-0.1, -0.05) is 0 Å². The highest BCUT2D eigenvalue weighted by Crippen LogP contribution is 2.27. The van der Waals surface area contributed by atoms with Crippen LogP contribution < -0.4 is 9.47 Å². The predicted octanol–water partition coefficient (Wildman–Crippen LogP) is 2.39. The molecular formula is C12H11NO3S. The molecule has 2 aromatic heterocycles. The number of ketones is 1. The van der Waals surface area contributed by atoms with Crippen LogP contribution in [0.15, 0.2) is 29.9 Å². The predicted molar refractivity (Wildman–Crippen MR) is 65.1 cm³/mol. The summed E-state index contributed by atoms with van der Waals surface area (Å²) >= 11 is 1.35. The summed E-state index contributed by atoms with van der Waals surface area (Å²) in [6.07, 6.45) is 3.08. The molecular weight excluding hydrogens is 238 g/mol. The molecule has 2 heterocycles. The lowest BCUT2D eigenvalue weighted by atomic mass is 10.1. The molecule has 0 bridgehead atoms. The molecule has 0 spiro atoms. The van der Waals surface area contributed by atoms with E-state index in [0.29, 0.717) is 21.9 Å². The molecule has 0 saturated carbocycles. The van der Waals surface area contributed by atoms with Crippen LogP contribution in [-0.4, -0.2) is 25.0 Å². The first kappa shape index (κ1) is 11.6. The van der Waals surface area contributed by atoms with E-state index in [-0.39, 0.29) is 5.78 Å². The van der Waals surface area contributed by atoms with Gasteiger partial charge in [-0.2, -0.15) is 0 Å². The maximum Gasteiger partial charge on any atom is 0.208 e. The van der Waals surface area contributed by atoms with Crippen LogP contribution in [0, 0.1) is 0 Å². The zero-order chi connectivity index (χ0) is 12.3. The molecule has 17 heavy (non-hydrogen) atoms. The van der Waals surface area contributed by atoms with Crippen molar-refractivity contribution in [3.8, 4) is 11.5 Å². The number of methoxy groups -OCH3 is 2. The number of carbonyl (C=O) groups is 1. The molecule has 0 aliphatic rings. The van der Waals surface area contributed by atoms with Crippen LogP contribution in [-0.2, 0) is 0 Å². The molecule has 0 aliphatic carbocycles. The number of carbonyl (C=O) groups excluding carboxylic acids is 1. The Hall–Kier alpha value is -1.88. The largest absolute Gasteiger partial charge is 0.495 e. The van der Waals surface area contributed by atoms with Crippen LogP contribution in [0.5, 0.6) is 11.5 Å². The standard InChI is InChI=1S/C12H11NO3S/c1-15-9-5-8(6-13-7-9)11(14)12-10(16-2)3-4-17-12/h3-7H,1-2H3. The fraction of sp³-hybridized carbons (Fsp3) is 0.167. The second-order valence-electron chi connectivity index (χ2n) is 3.26. The van der Waals surface area contributed by atoms with Gasteiger partial charge in [-0.15, -0.1) is 11.3 Å². The van der Waals surface area contributed by atoms with E-state index in [1.165, 1.54) is 24.6 Å². The average molecular weight is 249 g/mol. The SMILES string of the molecule is COc1cncc(C(=O)c2sccc2OC)c1. The number of aromatic nitrogens is 1. The monoisotopic (exact) mass is 249 g/mol. The van der Waals surface area contributed by atoms with Crippen molar-refractivity contribution >= 4 is 17.1 Å². The highest BCUT2D eigenvalue weighted by atomic mass is 32.1. The molecule has 88 valence electrons. The van der Waals surface area contributed by atoms with Crippen molar-refractivity contribution in [1.82, 2.24) is 4.98 Å². The van der Waals surface area contributed by atoms with Gasteiger partial charge < -0.3 is 9.47 Å². The van der Waals surface area contributed by atoms with Crippen LogP contribution >= 0.6 is 11.3 Å². The van der Waals surface area contributed by atoms with Gasteiger partial charge >= 0.3 is 0 Å². The summed E-state index contributed by atoms with van der Waals surface area (Å²) in [7, 11) is 3.08. The minimum Gasteiger partial charge on any atom is -0.495 e. The van der Waals surface area contributed by atoms with E-state index in [1.807, 2.05) is 5.38 Å². The van der Waals surface area contributed by atoms with Gasteiger partial charge in [0.15, 0.2) is 0 Å². The van der Waals surface area contributed by atoms with E-state index in [4.69, 9.17) is 9.47 Å². The Morgan fingerprint density at radius 2 is 2.12 bits per heavy atom. The van der Waals surface area contributed by atoms with Crippen LogP contribution in [0.25, 0.3) is 0 Å². The topological polar surface area (TPSA) is 48.4 Å². The van der Waals surface area contributed by atoms with Gasteiger partial charge in [0.05, 0.1) is 20.4 Å². The molecule has 0 unspecified atom stereocenters. The number of nitrogens with zero attached hydrogens (tertiary/aromatic N) is 1. The van der Waals surface area contributed by atoms with Crippen LogP contribution in [0.1, 0.15) is 15.2 Å². The molecule has 0 aromatic carbocycles. The highest BCUT2D eigenvalue weighted by Gasteiger charge is 2.16. The average Bonchev–Trinajstić information content (AvgIpc) is 2.86. The third-order valence-corrected chi connectivity index (χ3v) is 3.16. The first-order valence-electron chi connectivity index (χ1n) is 4.91. The summed E-state index contributed by atoms with van der Waals surface area (Å²) in [5.41, 5.74) is 0.491. The second-order valence-corrected chi connectivity index (χ2v) is 4.18. The molecule has 2 rings (SSSR count). The van der Waals surface area contributed by atoms with Crippen molar-refractivity contribution in [2.75, 3.05) is 14.2 Å². The van der Waals surface area contributed by atoms with Gasteiger partial charge in [0, 0.05) is 11.8 Å². The zero-order valence-corrected chi connectivity index (χ0v) is 10.3. The van der Waals surface area contributed by atoms with E-state index in [1.54, 1.807) is 25.4 Å². The van der Waals surface area contributed by atoms with Gasteiger partial charge in [0.1, 0.15) is 16.4 Å². The molecule has 0 fully saturated rings. The fourth-order valence-corrected chi connectivity index (χ4v) is 2.23. The van der Waals surface area contributed by atoms with E-state index in [9.17, 15) is 4.79 Å². The van der Waals surface area contributed by atoms with Crippen molar-refractivity contribution in [3.05, 3.63) is 40.3 Å². The number of pyridine rings is 1. The summed E-state index contributed by atoms with van der Waals surface area (Å²) in [6, 6.07) is 3.43. The Labute approximate surface area is 103 Å². The lowest BCUT2D eigenvalue weighted by Crippen LogP contribution is -2.02. The third-order valence-electron chi connectivity index (χ3n) is 2.27. The molecule has 0 N–H and O–H groups in total. The van der Waals surface area contributed by atoms with Crippen LogP contribution in [0.4, 0.5) is 0 Å². The summed E-state index contributed by atoms with van der Waals surface area (Å²) in [4.78, 5) is 16.7. The Bertz CT molecular complexity index is 536. The Balaban J connectivity index is 2.36. The third kappa shape index (κ3) is 2.29. The smallest absolute Gasteiger partial charge is 0.208 e.